The van der Waals surface area contributed by atoms with Gasteiger partial charge in [-0.3, -0.25) is 9.59 Å². The van der Waals surface area contributed by atoms with Crippen molar-refractivity contribution in [3.05, 3.63) is 55.6 Å². The Balaban J connectivity index is 1.85. The standard InChI is InChI=1S/C17H17N3O2S/c1-19(10-14-5-3-7-23-14)16(21)11-20-15-6-2-4-12(15)8-13(9-18)17(20)22/h3,5,7-8H,2,4,6,10-11H2,1H3. The predicted molar refractivity (Wildman–Crippen MR) is 88.2 cm³/mol. The SMILES string of the molecule is CN(Cc1cccs1)C(=O)Cn1c2c(cc(C#N)c1=O)CCC2. The van der Waals surface area contributed by atoms with Crippen LogP contribution in [0.3, 0.4) is 0 Å². The lowest BCUT2D eigenvalue weighted by Gasteiger charge is -2.19. The number of likely N-dealkylation sites (N-methyl/N-ethyl adjacent to an activating group) is 1. The summed E-state index contributed by atoms with van der Waals surface area (Å²) in [5.74, 6) is -0.121. The van der Waals surface area contributed by atoms with Crippen molar-refractivity contribution >= 4 is 17.2 Å². The van der Waals surface area contributed by atoms with Crippen LogP contribution >= 0.6 is 11.3 Å². The number of nitriles is 1. The summed E-state index contributed by atoms with van der Waals surface area (Å²) in [7, 11) is 1.74. The van der Waals surface area contributed by atoms with Crippen LogP contribution in [0.25, 0.3) is 0 Å². The minimum absolute atomic E-state index is 0.00143. The van der Waals surface area contributed by atoms with Gasteiger partial charge in [0.05, 0.1) is 6.54 Å². The third-order valence-corrected chi connectivity index (χ3v) is 5.02. The van der Waals surface area contributed by atoms with E-state index in [-0.39, 0.29) is 23.6 Å². The van der Waals surface area contributed by atoms with Gasteiger partial charge in [-0.1, -0.05) is 6.07 Å². The summed E-state index contributed by atoms with van der Waals surface area (Å²) in [4.78, 5) is 27.6. The molecule has 1 aliphatic carbocycles. The van der Waals surface area contributed by atoms with Crippen LogP contribution in [0, 0.1) is 11.3 Å². The van der Waals surface area contributed by atoms with Crippen LogP contribution in [0.5, 0.6) is 0 Å². The minimum atomic E-state index is -0.356. The number of fused-ring (bicyclic) bond motifs is 1. The zero-order valence-electron chi connectivity index (χ0n) is 12.9. The lowest BCUT2D eigenvalue weighted by molar-refractivity contribution is -0.131. The number of hydrogen-bond acceptors (Lipinski definition) is 4. The van der Waals surface area contributed by atoms with E-state index < -0.39 is 0 Å². The highest BCUT2D eigenvalue weighted by Crippen LogP contribution is 2.21. The van der Waals surface area contributed by atoms with Gasteiger partial charge in [0.25, 0.3) is 5.56 Å². The molecule has 0 aliphatic heterocycles. The first-order chi connectivity index (χ1) is 11.1. The van der Waals surface area contributed by atoms with Gasteiger partial charge in [-0.05, 0) is 42.3 Å². The first-order valence-electron chi connectivity index (χ1n) is 7.52. The molecule has 0 saturated carbocycles. The van der Waals surface area contributed by atoms with E-state index in [1.807, 2.05) is 23.6 Å². The number of pyridine rings is 1. The van der Waals surface area contributed by atoms with Gasteiger partial charge < -0.3 is 9.47 Å². The fourth-order valence-corrected chi connectivity index (χ4v) is 3.70. The molecule has 2 aromatic heterocycles. The zero-order valence-corrected chi connectivity index (χ0v) is 13.7. The molecular formula is C17H17N3O2S. The van der Waals surface area contributed by atoms with Crippen molar-refractivity contribution in [3.63, 3.8) is 0 Å². The first-order valence-corrected chi connectivity index (χ1v) is 8.40. The Labute approximate surface area is 138 Å². The summed E-state index contributed by atoms with van der Waals surface area (Å²) < 4.78 is 1.49. The fraction of sp³-hybridized carbons (Fsp3) is 0.353. The topological polar surface area (TPSA) is 66.1 Å². The third kappa shape index (κ3) is 3.06. The number of aromatic nitrogens is 1. The number of carbonyl (C=O) groups excluding carboxylic acids is 1. The fourth-order valence-electron chi connectivity index (χ4n) is 2.95. The summed E-state index contributed by atoms with van der Waals surface area (Å²) in [6.07, 6.45) is 2.62. The van der Waals surface area contributed by atoms with Gasteiger partial charge in [0.2, 0.25) is 5.91 Å². The van der Waals surface area contributed by atoms with Crippen molar-refractivity contribution in [2.75, 3.05) is 7.05 Å². The third-order valence-electron chi connectivity index (χ3n) is 4.16. The summed E-state index contributed by atoms with van der Waals surface area (Å²) in [5.41, 5.74) is 1.70. The van der Waals surface area contributed by atoms with E-state index in [0.717, 1.165) is 35.4 Å². The molecule has 5 nitrogen and oxygen atoms in total. The molecule has 0 aromatic carbocycles. The average molecular weight is 327 g/mol. The maximum Gasteiger partial charge on any atom is 0.269 e. The molecule has 0 N–H and O–H groups in total. The molecule has 0 saturated heterocycles. The highest BCUT2D eigenvalue weighted by atomic mass is 32.1. The molecule has 2 heterocycles. The van der Waals surface area contributed by atoms with Gasteiger partial charge in [-0.25, -0.2) is 0 Å². The molecule has 23 heavy (non-hydrogen) atoms. The molecule has 0 spiro atoms. The number of amides is 1. The molecule has 0 bridgehead atoms. The Kier molecular flexibility index (Phi) is 4.30. The Morgan fingerprint density at radius 3 is 3.00 bits per heavy atom. The molecule has 2 aromatic rings. The monoisotopic (exact) mass is 327 g/mol. The van der Waals surface area contributed by atoms with E-state index in [9.17, 15) is 9.59 Å². The smallest absolute Gasteiger partial charge is 0.269 e. The van der Waals surface area contributed by atoms with Crippen LogP contribution < -0.4 is 5.56 Å². The molecule has 0 fully saturated rings. The molecule has 1 aliphatic rings. The van der Waals surface area contributed by atoms with Crippen molar-refractivity contribution in [2.24, 2.45) is 0 Å². The summed E-state index contributed by atoms with van der Waals surface area (Å²) in [6.45, 7) is 0.532. The van der Waals surface area contributed by atoms with Crippen molar-refractivity contribution in [1.82, 2.24) is 9.47 Å². The van der Waals surface area contributed by atoms with Crippen LogP contribution in [0.15, 0.2) is 28.4 Å². The molecule has 0 atom stereocenters. The van der Waals surface area contributed by atoms with Crippen LogP contribution in [-0.2, 0) is 30.7 Å². The van der Waals surface area contributed by atoms with E-state index in [1.54, 1.807) is 29.4 Å². The predicted octanol–water partition coefficient (Wildman–Crippen LogP) is 1.93. The average Bonchev–Trinajstić information content (AvgIpc) is 3.20. The summed E-state index contributed by atoms with van der Waals surface area (Å²) in [5, 5.41) is 11.1. The van der Waals surface area contributed by atoms with Crippen LogP contribution in [-0.4, -0.2) is 22.4 Å². The maximum atomic E-state index is 12.5. The van der Waals surface area contributed by atoms with E-state index in [1.165, 1.54) is 4.57 Å². The number of nitrogens with zero attached hydrogens (tertiary/aromatic N) is 3. The Hall–Kier alpha value is -2.39. The van der Waals surface area contributed by atoms with Gasteiger partial charge in [0, 0.05) is 17.6 Å². The molecule has 3 rings (SSSR count). The van der Waals surface area contributed by atoms with Crippen LogP contribution in [0.2, 0.25) is 0 Å². The quantitative estimate of drug-likeness (QED) is 0.862. The van der Waals surface area contributed by atoms with E-state index >= 15 is 0 Å². The Bertz CT molecular complexity index is 831. The molecule has 1 amide bonds. The lowest BCUT2D eigenvalue weighted by Crippen LogP contribution is -2.35. The highest BCUT2D eigenvalue weighted by Gasteiger charge is 2.21. The van der Waals surface area contributed by atoms with Crippen molar-refractivity contribution < 1.29 is 4.79 Å². The van der Waals surface area contributed by atoms with E-state index in [4.69, 9.17) is 5.26 Å². The normalized spacial score (nSPS) is 12.7. The molecule has 0 unspecified atom stereocenters. The second-order valence-corrected chi connectivity index (χ2v) is 6.75. The Morgan fingerprint density at radius 1 is 1.48 bits per heavy atom. The van der Waals surface area contributed by atoms with Crippen molar-refractivity contribution in [3.8, 4) is 6.07 Å². The lowest BCUT2D eigenvalue weighted by atomic mass is 10.1. The largest absolute Gasteiger partial charge is 0.339 e. The summed E-state index contributed by atoms with van der Waals surface area (Å²) >= 11 is 1.60. The maximum absolute atomic E-state index is 12.5. The molecule has 6 heteroatoms. The van der Waals surface area contributed by atoms with Gasteiger partial charge in [-0.2, -0.15) is 5.26 Å². The number of hydrogen-bond donors (Lipinski definition) is 0. The number of carbonyl (C=O) groups is 1. The van der Waals surface area contributed by atoms with E-state index in [2.05, 4.69) is 0 Å². The number of thiophene rings is 1. The second kappa shape index (κ2) is 6.39. The van der Waals surface area contributed by atoms with Gasteiger partial charge in [0.15, 0.2) is 0 Å². The zero-order chi connectivity index (χ0) is 16.4. The van der Waals surface area contributed by atoms with Gasteiger partial charge >= 0.3 is 0 Å². The van der Waals surface area contributed by atoms with Crippen LogP contribution in [0.4, 0.5) is 0 Å². The van der Waals surface area contributed by atoms with Crippen molar-refractivity contribution in [2.45, 2.75) is 32.4 Å². The van der Waals surface area contributed by atoms with Gasteiger partial charge in [-0.15, -0.1) is 11.3 Å². The Morgan fingerprint density at radius 2 is 2.30 bits per heavy atom. The second-order valence-electron chi connectivity index (χ2n) is 5.72. The number of aryl methyl sites for hydroxylation is 1. The van der Waals surface area contributed by atoms with E-state index in [0.29, 0.717) is 6.54 Å². The minimum Gasteiger partial charge on any atom is -0.339 e. The highest BCUT2D eigenvalue weighted by molar-refractivity contribution is 7.09. The van der Waals surface area contributed by atoms with Crippen molar-refractivity contribution in [1.29, 1.82) is 5.26 Å². The number of rotatable bonds is 4. The molecule has 0 radical (unpaired) electrons. The molecule has 118 valence electrons. The molecular weight excluding hydrogens is 310 g/mol. The van der Waals surface area contributed by atoms with Gasteiger partial charge in [0.1, 0.15) is 18.2 Å². The summed E-state index contributed by atoms with van der Waals surface area (Å²) in [6, 6.07) is 7.56. The first kappa shape index (κ1) is 15.5. The van der Waals surface area contributed by atoms with Crippen LogP contribution in [0.1, 0.15) is 28.1 Å².